The van der Waals surface area contributed by atoms with Crippen molar-refractivity contribution in [2.75, 3.05) is 0 Å². The first kappa shape index (κ1) is 13.1. The van der Waals surface area contributed by atoms with Crippen molar-refractivity contribution in [2.24, 2.45) is 5.41 Å². The van der Waals surface area contributed by atoms with Gasteiger partial charge in [0.1, 0.15) is 5.78 Å². The predicted octanol–water partition coefficient (Wildman–Crippen LogP) is 2.33. The fourth-order valence-corrected chi connectivity index (χ4v) is 1.05. The Labute approximate surface area is 85.8 Å². The second-order valence-electron chi connectivity index (χ2n) is 4.63. The van der Waals surface area contributed by atoms with Crippen molar-refractivity contribution in [1.29, 1.82) is 0 Å². The standard InChI is InChI=1S/C11H20O3/c1-8(14-9(2)12)6-7-10(13)11(3,4)5/h8H,6-7H2,1-5H3. The van der Waals surface area contributed by atoms with Crippen LogP contribution in [-0.2, 0) is 14.3 Å². The molecule has 0 aliphatic rings. The van der Waals surface area contributed by atoms with Crippen LogP contribution >= 0.6 is 0 Å². The minimum absolute atomic E-state index is 0.168. The molecule has 0 radical (unpaired) electrons. The van der Waals surface area contributed by atoms with Gasteiger partial charge < -0.3 is 4.74 Å². The van der Waals surface area contributed by atoms with Crippen LogP contribution in [-0.4, -0.2) is 17.9 Å². The van der Waals surface area contributed by atoms with Crippen molar-refractivity contribution in [3.05, 3.63) is 0 Å². The van der Waals surface area contributed by atoms with Gasteiger partial charge in [-0.05, 0) is 13.3 Å². The van der Waals surface area contributed by atoms with E-state index in [1.54, 1.807) is 6.92 Å². The first-order valence-electron chi connectivity index (χ1n) is 4.94. The van der Waals surface area contributed by atoms with E-state index in [2.05, 4.69) is 0 Å². The van der Waals surface area contributed by atoms with Crippen LogP contribution in [0.15, 0.2) is 0 Å². The second kappa shape index (κ2) is 5.13. The van der Waals surface area contributed by atoms with Crippen LogP contribution in [0.3, 0.4) is 0 Å². The maximum absolute atomic E-state index is 11.5. The lowest BCUT2D eigenvalue weighted by atomic mass is 9.88. The molecule has 0 aliphatic carbocycles. The van der Waals surface area contributed by atoms with E-state index < -0.39 is 0 Å². The highest BCUT2D eigenvalue weighted by Gasteiger charge is 2.21. The highest BCUT2D eigenvalue weighted by molar-refractivity contribution is 5.83. The lowest BCUT2D eigenvalue weighted by Gasteiger charge is -2.18. The SMILES string of the molecule is CC(=O)OC(C)CCC(=O)C(C)(C)C. The van der Waals surface area contributed by atoms with E-state index in [9.17, 15) is 9.59 Å². The van der Waals surface area contributed by atoms with Crippen molar-refractivity contribution >= 4 is 11.8 Å². The minimum Gasteiger partial charge on any atom is -0.463 e. The number of hydrogen-bond donors (Lipinski definition) is 0. The molecule has 0 aliphatic heterocycles. The molecule has 0 bridgehead atoms. The van der Waals surface area contributed by atoms with E-state index in [-0.39, 0.29) is 23.3 Å². The van der Waals surface area contributed by atoms with Crippen LogP contribution in [0.4, 0.5) is 0 Å². The highest BCUT2D eigenvalue weighted by atomic mass is 16.5. The number of Topliss-reactive ketones (excluding diaryl/α,β-unsaturated/α-hetero) is 1. The number of esters is 1. The average molecular weight is 200 g/mol. The van der Waals surface area contributed by atoms with Crippen molar-refractivity contribution in [3.8, 4) is 0 Å². The van der Waals surface area contributed by atoms with E-state index in [4.69, 9.17) is 4.74 Å². The molecule has 14 heavy (non-hydrogen) atoms. The largest absolute Gasteiger partial charge is 0.463 e. The van der Waals surface area contributed by atoms with Crippen molar-refractivity contribution in [3.63, 3.8) is 0 Å². The molecular weight excluding hydrogens is 180 g/mol. The quantitative estimate of drug-likeness (QED) is 0.654. The second-order valence-corrected chi connectivity index (χ2v) is 4.63. The van der Waals surface area contributed by atoms with Crippen LogP contribution in [0.2, 0.25) is 0 Å². The third-order valence-corrected chi connectivity index (χ3v) is 1.98. The smallest absolute Gasteiger partial charge is 0.302 e. The van der Waals surface area contributed by atoms with Crippen LogP contribution < -0.4 is 0 Å². The van der Waals surface area contributed by atoms with Gasteiger partial charge in [-0.15, -0.1) is 0 Å². The molecule has 0 spiro atoms. The van der Waals surface area contributed by atoms with E-state index in [1.807, 2.05) is 20.8 Å². The third-order valence-electron chi connectivity index (χ3n) is 1.98. The van der Waals surface area contributed by atoms with Gasteiger partial charge >= 0.3 is 5.97 Å². The first-order valence-corrected chi connectivity index (χ1v) is 4.94. The summed E-state index contributed by atoms with van der Waals surface area (Å²) in [5.74, 6) is -0.0859. The molecule has 0 aromatic heterocycles. The molecule has 1 atom stereocenters. The Morgan fingerprint density at radius 1 is 1.29 bits per heavy atom. The molecule has 0 saturated carbocycles. The van der Waals surface area contributed by atoms with Crippen LogP contribution in [0.5, 0.6) is 0 Å². The van der Waals surface area contributed by atoms with E-state index >= 15 is 0 Å². The van der Waals surface area contributed by atoms with Gasteiger partial charge in [0.25, 0.3) is 0 Å². The number of ketones is 1. The average Bonchev–Trinajstić information content (AvgIpc) is 1.96. The molecule has 1 unspecified atom stereocenters. The molecule has 3 nitrogen and oxygen atoms in total. The summed E-state index contributed by atoms with van der Waals surface area (Å²) in [7, 11) is 0. The summed E-state index contributed by atoms with van der Waals surface area (Å²) in [4.78, 5) is 22.1. The van der Waals surface area contributed by atoms with Gasteiger partial charge in [-0.25, -0.2) is 0 Å². The summed E-state index contributed by atoms with van der Waals surface area (Å²) >= 11 is 0. The molecule has 0 heterocycles. The van der Waals surface area contributed by atoms with Crippen molar-refractivity contribution in [2.45, 2.75) is 53.6 Å². The summed E-state index contributed by atoms with van der Waals surface area (Å²) in [6, 6.07) is 0. The van der Waals surface area contributed by atoms with Crippen LogP contribution in [0, 0.1) is 5.41 Å². The molecule has 0 saturated heterocycles. The maximum Gasteiger partial charge on any atom is 0.302 e. The zero-order valence-corrected chi connectivity index (χ0v) is 9.72. The van der Waals surface area contributed by atoms with Crippen molar-refractivity contribution in [1.82, 2.24) is 0 Å². The van der Waals surface area contributed by atoms with Gasteiger partial charge in [0.15, 0.2) is 0 Å². The third kappa shape index (κ3) is 5.73. The maximum atomic E-state index is 11.5. The molecular formula is C11H20O3. The number of rotatable bonds is 4. The van der Waals surface area contributed by atoms with E-state index in [1.165, 1.54) is 6.92 Å². The number of carbonyl (C=O) groups is 2. The minimum atomic E-state index is -0.296. The van der Waals surface area contributed by atoms with Gasteiger partial charge in [-0.3, -0.25) is 9.59 Å². The zero-order chi connectivity index (χ0) is 11.4. The Hall–Kier alpha value is -0.860. The van der Waals surface area contributed by atoms with E-state index in [0.717, 1.165) is 0 Å². The number of hydrogen-bond acceptors (Lipinski definition) is 3. The van der Waals surface area contributed by atoms with Gasteiger partial charge in [0.05, 0.1) is 6.10 Å². The molecule has 0 aromatic carbocycles. The monoisotopic (exact) mass is 200 g/mol. The molecule has 0 rings (SSSR count). The summed E-state index contributed by atoms with van der Waals surface area (Å²) in [5, 5.41) is 0. The molecule has 0 amide bonds. The Morgan fingerprint density at radius 2 is 1.79 bits per heavy atom. The summed E-state index contributed by atoms with van der Waals surface area (Å²) < 4.78 is 4.92. The Morgan fingerprint density at radius 3 is 2.14 bits per heavy atom. The normalized spacial score (nSPS) is 13.5. The topological polar surface area (TPSA) is 43.4 Å². The highest BCUT2D eigenvalue weighted by Crippen LogP contribution is 2.18. The van der Waals surface area contributed by atoms with Gasteiger partial charge in [-0.1, -0.05) is 20.8 Å². The molecule has 0 fully saturated rings. The van der Waals surface area contributed by atoms with Crippen molar-refractivity contribution < 1.29 is 14.3 Å². The fraction of sp³-hybridized carbons (Fsp3) is 0.818. The lowest BCUT2D eigenvalue weighted by molar-refractivity contribution is -0.146. The number of carbonyl (C=O) groups excluding carboxylic acids is 2. The number of ether oxygens (including phenoxy) is 1. The molecule has 82 valence electrons. The Balaban J connectivity index is 3.84. The molecule has 0 aromatic rings. The van der Waals surface area contributed by atoms with Gasteiger partial charge in [-0.2, -0.15) is 0 Å². The van der Waals surface area contributed by atoms with Crippen LogP contribution in [0.25, 0.3) is 0 Å². The molecule has 3 heteroatoms. The summed E-state index contributed by atoms with van der Waals surface area (Å²) in [6.45, 7) is 8.86. The fourth-order valence-electron chi connectivity index (χ4n) is 1.05. The zero-order valence-electron chi connectivity index (χ0n) is 9.72. The van der Waals surface area contributed by atoms with E-state index in [0.29, 0.717) is 12.8 Å². The predicted molar refractivity (Wildman–Crippen MR) is 54.9 cm³/mol. The first-order chi connectivity index (χ1) is 6.23. The summed E-state index contributed by atoms with van der Waals surface area (Å²) in [6.07, 6.45) is 0.909. The van der Waals surface area contributed by atoms with Gasteiger partial charge in [0.2, 0.25) is 0 Å². The Bertz CT molecular complexity index is 213. The van der Waals surface area contributed by atoms with Crippen LogP contribution in [0.1, 0.15) is 47.5 Å². The summed E-state index contributed by atoms with van der Waals surface area (Å²) in [5.41, 5.74) is -0.296. The van der Waals surface area contributed by atoms with Gasteiger partial charge in [0, 0.05) is 18.8 Å². The lowest BCUT2D eigenvalue weighted by Crippen LogP contribution is -2.22. The Kier molecular flexibility index (Phi) is 4.81. The molecule has 0 N–H and O–H groups in total.